The normalized spacial score (nSPS) is 12.0. The Morgan fingerprint density at radius 2 is 1.60 bits per heavy atom. The van der Waals surface area contributed by atoms with Gasteiger partial charge in [0.15, 0.2) is 0 Å². The van der Waals surface area contributed by atoms with Gasteiger partial charge in [-0.2, -0.15) is 0 Å². The molecule has 0 saturated heterocycles. The molecule has 0 saturated carbocycles. The van der Waals surface area contributed by atoms with Gasteiger partial charge in [0.2, 0.25) is 0 Å². The zero-order valence-corrected chi connectivity index (χ0v) is 7.17. The van der Waals surface area contributed by atoms with E-state index in [2.05, 4.69) is 0 Å². The van der Waals surface area contributed by atoms with E-state index in [9.17, 15) is 12.3 Å². The summed E-state index contributed by atoms with van der Waals surface area (Å²) in [6.07, 6.45) is 3.02. The number of hydrogen-bond donors (Lipinski definition) is 0. The van der Waals surface area contributed by atoms with E-state index < -0.39 is 15.1 Å². The van der Waals surface area contributed by atoms with Crippen LogP contribution in [0.1, 0.15) is 32.6 Å². The highest BCUT2D eigenvalue weighted by molar-refractivity contribution is 6.58. The van der Waals surface area contributed by atoms with Crippen LogP contribution in [0.3, 0.4) is 0 Å². The quantitative estimate of drug-likeness (QED) is 0.337. The van der Waals surface area contributed by atoms with Crippen molar-refractivity contribution in [1.29, 1.82) is 0 Å². The van der Waals surface area contributed by atoms with Gasteiger partial charge in [0.05, 0.1) is 0 Å². The summed E-state index contributed by atoms with van der Waals surface area (Å²) >= 11 is 0. The number of halogens is 3. The minimum Gasteiger partial charge on any atom is -0.238 e. The van der Waals surface area contributed by atoms with Crippen LogP contribution in [-0.4, -0.2) is 9.08 Å². The molecule has 0 heterocycles. The van der Waals surface area contributed by atoms with Gasteiger partial charge in [-0.25, -0.2) is 12.3 Å². The summed E-state index contributed by atoms with van der Waals surface area (Å²) in [5.74, 6) is 0. The number of unbranched alkanes of at least 4 members (excludes halogenated alkanes) is 3. The fraction of sp³-hybridized carbons (Fsp3) is 1.00. The van der Waals surface area contributed by atoms with Crippen molar-refractivity contribution in [2.45, 2.75) is 38.7 Å². The largest absolute Gasteiger partial charge is 0.616 e. The summed E-state index contributed by atoms with van der Waals surface area (Å²) in [5, 5.41) is 0. The SMILES string of the molecule is CCCCCC[Si](F)(F)F. The van der Waals surface area contributed by atoms with Crippen LogP contribution in [0.4, 0.5) is 12.3 Å². The molecule has 0 fully saturated rings. The lowest BCUT2D eigenvalue weighted by Crippen LogP contribution is -2.13. The summed E-state index contributed by atoms with van der Waals surface area (Å²) in [5.41, 5.74) is 0. The maximum Gasteiger partial charge on any atom is 0.616 e. The van der Waals surface area contributed by atoms with Crippen molar-refractivity contribution in [1.82, 2.24) is 0 Å². The highest BCUT2D eigenvalue weighted by Crippen LogP contribution is 2.18. The first-order valence-corrected chi connectivity index (χ1v) is 5.47. The maximum atomic E-state index is 11.6. The molecule has 0 N–H and O–H groups in total. The molecule has 0 unspecified atom stereocenters. The van der Waals surface area contributed by atoms with Crippen LogP contribution in [0.25, 0.3) is 0 Å². The zero-order valence-electron chi connectivity index (χ0n) is 6.17. The Morgan fingerprint density at radius 1 is 1.00 bits per heavy atom. The smallest absolute Gasteiger partial charge is 0.238 e. The third-order valence-electron chi connectivity index (χ3n) is 1.31. The van der Waals surface area contributed by atoms with Crippen molar-refractivity contribution < 1.29 is 12.3 Å². The van der Waals surface area contributed by atoms with Gasteiger partial charge in [-0.1, -0.05) is 26.2 Å². The van der Waals surface area contributed by atoms with Crippen molar-refractivity contribution in [3.8, 4) is 0 Å². The van der Waals surface area contributed by atoms with Gasteiger partial charge in [-0.3, -0.25) is 0 Å². The van der Waals surface area contributed by atoms with Crippen LogP contribution in [0.15, 0.2) is 0 Å². The highest BCUT2D eigenvalue weighted by atomic mass is 28.5. The second-order valence-corrected chi connectivity index (χ2v) is 4.16. The monoisotopic (exact) mass is 170 g/mol. The average Bonchev–Trinajstić information content (AvgIpc) is 1.78. The van der Waals surface area contributed by atoms with Crippen molar-refractivity contribution in [2.24, 2.45) is 0 Å². The molecule has 0 aromatic heterocycles. The molecule has 0 spiro atoms. The van der Waals surface area contributed by atoms with E-state index in [-0.39, 0.29) is 0 Å². The van der Waals surface area contributed by atoms with Gasteiger partial charge in [0.1, 0.15) is 0 Å². The second kappa shape index (κ2) is 4.77. The van der Waals surface area contributed by atoms with Crippen LogP contribution in [0.2, 0.25) is 6.04 Å². The van der Waals surface area contributed by atoms with Gasteiger partial charge >= 0.3 is 9.08 Å². The maximum absolute atomic E-state index is 11.6. The topological polar surface area (TPSA) is 0 Å². The summed E-state index contributed by atoms with van der Waals surface area (Å²) < 4.78 is 34.9. The standard InChI is InChI=1S/C6H13F3Si/c1-2-3-4-5-6-10(7,8)9/h2-6H2,1H3. The predicted octanol–water partition coefficient (Wildman–Crippen LogP) is 3.41. The molecule has 0 radical (unpaired) electrons. The van der Waals surface area contributed by atoms with E-state index in [0.717, 1.165) is 19.3 Å². The van der Waals surface area contributed by atoms with E-state index >= 15 is 0 Å². The Kier molecular flexibility index (Phi) is 4.77. The highest BCUT2D eigenvalue weighted by Gasteiger charge is 2.34. The molecular weight excluding hydrogens is 157 g/mol. The molecule has 0 aliphatic heterocycles. The van der Waals surface area contributed by atoms with Gasteiger partial charge in [0, 0.05) is 6.04 Å². The molecule has 0 atom stereocenters. The molecule has 0 aliphatic carbocycles. The zero-order chi connectivity index (χ0) is 8.04. The van der Waals surface area contributed by atoms with Crippen molar-refractivity contribution in [2.75, 3.05) is 0 Å². The van der Waals surface area contributed by atoms with E-state index in [4.69, 9.17) is 0 Å². The molecule has 0 aromatic carbocycles. The van der Waals surface area contributed by atoms with Crippen LogP contribution in [0.5, 0.6) is 0 Å². The Hall–Kier alpha value is 0.00688. The lowest BCUT2D eigenvalue weighted by molar-refractivity contribution is 0.460. The minimum atomic E-state index is -5.21. The average molecular weight is 170 g/mol. The number of rotatable bonds is 5. The molecular formula is C6H13F3Si. The fourth-order valence-electron chi connectivity index (χ4n) is 0.752. The molecule has 0 aromatic rings. The third kappa shape index (κ3) is 8.01. The number of hydrogen-bond acceptors (Lipinski definition) is 0. The lowest BCUT2D eigenvalue weighted by atomic mass is 10.2. The summed E-state index contributed by atoms with van der Waals surface area (Å²) in [7, 11) is -5.21. The Bertz CT molecular complexity index is 79.6. The van der Waals surface area contributed by atoms with Gasteiger partial charge in [0.25, 0.3) is 0 Å². The van der Waals surface area contributed by atoms with Crippen molar-refractivity contribution >= 4 is 9.08 Å². The summed E-state index contributed by atoms with van der Waals surface area (Å²) in [6, 6.07) is -0.479. The Balaban J connectivity index is 3.04. The molecule has 0 nitrogen and oxygen atoms in total. The van der Waals surface area contributed by atoms with Crippen LogP contribution < -0.4 is 0 Å². The summed E-state index contributed by atoms with van der Waals surface area (Å²) in [6.45, 7) is 1.99. The molecule has 0 rings (SSSR count). The molecule has 0 bridgehead atoms. The van der Waals surface area contributed by atoms with E-state index in [1.807, 2.05) is 6.92 Å². The second-order valence-electron chi connectivity index (χ2n) is 2.43. The molecule has 4 heteroatoms. The lowest BCUT2D eigenvalue weighted by Gasteiger charge is -2.00. The van der Waals surface area contributed by atoms with Gasteiger partial charge in [-0.05, 0) is 6.42 Å². The summed E-state index contributed by atoms with van der Waals surface area (Å²) in [4.78, 5) is 0. The minimum absolute atomic E-state index is 0.351. The van der Waals surface area contributed by atoms with Crippen LogP contribution in [0, 0.1) is 0 Å². The molecule has 10 heavy (non-hydrogen) atoms. The van der Waals surface area contributed by atoms with Crippen LogP contribution >= 0.6 is 0 Å². The first kappa shape index (κ1) is 10.0. The Morgan fingerprint density at radius 3 is 2.00 bits per heavy atom. The molecule has 0 amide bonds. The first-order valence-electron chi connectivity index (χ1n) is 3.63. The van der Waals surface area contributed by atoms with Gasteiger partial charge in [-0.15, -0.1) is 0 Å². The van der Waals surface area contributed by atoms with E-state index in [1.54, 1.807) is 0 Å². The first-order chi connectivity index (χ1) is 4.56. The fourth-order valence-corrected chi connectivity index (χ4v) is 1.40. The van der Waals surface area contributed by atoms with E-state index in [1.165, 1.54) is 0 Å². The molecule has 62 valence electrons. The van der Waals surface area contributed by atoms with Crippen molar-refractivity contribution in [3.63, 3.8) is 0 Å². The third-order valence-corrected chi connectivity index (χ3v) is 2.23. The Labute approximate surface area is 61.0 Å². The van der Waals surface area contributed by atoms with Gasteiger partial charge < -0.3 is 0 Å². The van der Waals surface area contributed by atoms with Crippen LogP contribution in [-0.2, 0) is 0 Å². The predicted molar refractivity (Wildman–Crippen MR) is 38.0 cm³/mol. The molecule has 0 aliphatic rings. The van der Waals surface area contributed by atoms with E-state index in [0.29, 0.717) is 6.42 Å². The van der Waals surface area contributed by atoms with Crippen molar-refractivity contribution in [3.05, 3.63) is 0 Å².